The zero-order valence-corrected chi connectivity index (χ0v) is 16.5. The molecule has 28 heavy (non-hydrogen) atoms. The van der Waals surface area contributed by atoms with Gasteiger partial charge in [-0.25, -0.2) is 0 Å². The van der Waals surface area contributed by atoms with Gasteiger partial charge in [-0.3, -0.25) is 14.3 Å². The fourth-order valence-corrected chi connectivity index (χ4v) is 4.67. The van der Waals surface area contributed by atoms with Gasteiger partial charge in [0.2, 0.25) is 5.91 Å². The van der Waals surface area contributed by atoms with Crippen LogP contribution in [0.4, 0.5) is 0 Å². The molecule has 0 saturated carbocycles. The van der Waals surface area contributed by atoms with Crippen LogP contribution in [0.25, 0.3) is 5.57 Å². The summed E-state index contributed by atoms with van der Waals surface area (Å²) in [6.07, 6.45) is 4.74. The summed E-state index contributed by atoms with van der Waals surface area (Å²) in [5.41, 5.74) is 6.21. The molecule has 0 bridgehead atoms. The largest absolute Gasteiger partial charge is 0.342 e. The Balaban J connectivity index is 1.88. The molecule has 146 valence electrons. The Morgan fingerprint density at radius 2 is 1.79 bits per heavy atom. The van der Waals surface area contributed by atoms with E-state index in [0.29, 0.717) is 19.5 Å². The number of aryl methyl sites for hydroxylation is 2. The first-order chi connectivity index (χ1) is 13.3. The van der Waals surface area contributed by atoms with E-state index in [1.807, 2.05) is 11.0 Å². The van der Waals surface area contributed by atoms with E-state index in [1.165, 1.54) is 11.6 Å². The summed E-state index contributed by atoms with van der Waals surface area (Å²) in [5, 5.41) is 0. The highest BCUT2D eigenvalue weighted by molar-refractivity contribution is 7.85. The van der Waals surface area contributed by atoms with Crippen molar-refractivity contribution in [2.24, 2.45) is 0 Å². The van der Waals surface area contributed by atoms with Gasteiger partial charge in [0.05, 0.1) is 10.6 Å². The Labute approximate surface area is 164 Å². The zero-order chi connectivity index (χ0) is 19.9. The van der Waals surface area contributed by atoms with Crippen molar-refractivity contribution in [1.29, 1.82) is 0 Å². The fraction of sp³-hybridized carbons (Fsp3) is 0.333. The van der Waals surface area contributed by atoms with Crippen LogP contribution < -0.4 is 0 Å². The number of pyridine rings is 1. The molecule has 1 fully saturated rings. The van der Waals surface area contributed by atoms with E-state index in [0.717, 1.165) is 47.2 Å². The van der Waals surface area contributed by atoms with E-state index >= 15 is 0 Å². The second-order valence-electron chi connectivity index (χ2n) is 7.29. The van der Waals surface area contributed by atoms with Gasteiger partial charge in [-0.2, -0.15) is 8.42 Å². The van der Waals surface area contributed by atoms with Crippen molar-refractivity contribution in [2.45, 2.75) is 37.5 Å². The maximum absolute atomic E-state index is 11.7. The molecular formula is C21H22N2O4S. The van der Waals surface area contributed by atoms with E-state index in [4.69, 9.17) is 0 Å². The van der Waals surface area contributed by atoms with Crippen LogP contribution in [0.3, 0.4) is 0 Å². The normalized spacial score (nSPS) is 17.0. The Bertz CT molecular complexity index is 1080. The topological polar surface area (TPSA) is 87.6 Å². The number of carbonyl (C=O) groups is 1. The van der Waals surface area contributed by atoms with Crippen LogP contribution in [-0.4, -0.2) is 41.9 Å². The Morgan fingerprint density at radius 3 is 2.46 bits per heavy atom. The summed E-state index contributed by atoms with van der Waals surface area (Å²) in [5.74, 6) is 0.0848. The standard InChI is InChI=1S/C21H22N2O4S/c1-14(24)23-11-8-15(9-12-23)20-19-7-6-18(28(25,26)27)13-17(19)5-4-16-3-2-10-22-21(16)20/h2-3,6-7,10,13H,4-5,8-9,11-12H2,1H3,(H,25,26,27). The van der Waals surface area contributed by atoms with Crippen molar-refractivity contribution < 1.29 is 17.8 Å². The van der Waals surface area contributed by atoms with Crippen LogP contribution in [0, 0.1) is 0 Å². The Hall–Kier alpha value is -2.51. The Kier molecular flexibility index (Phi) is 4.81. The van der Waals surface area contributed by atoms with Gasteiger partial charge in [-0.15, -0.1) is 0 Å². The molecule has 2 aromatic rings. The second-order valence-corrected chi connectivity index (χ2v) is 8.71. The molecule has 2 aliphatic rings. The van der Waals surface area contributed by atoms with Crippen molar-refractivity contribution in [3.05, 3.63) is 64.5 Å². The monoisotopic (exact) mass is 398 g/mol. The zero-order valence-electron chi connectivity index (χ0n) is 15.7. The van der Waals surface area contributed by atoms with Crippen LogP contribution in [0.1, 0.15) is 42.1 Å². The molecule has 1 aromatic heterocycles. The highest BCUT2D eigenvalue weighted by Gasteiger charge is 2.26. The molecular weight excluding hydrogens is 376 g/mol. The molecule has 1 aliphatic heterocycles. The van der Waals surface area contributed by atoms with Gasteiger partial charge >= 0.3 is 0 Å². The predicted octanol–water partition coefficient (Wildman–Crippen LogP) is 2.87. The van der Waals surface area contributed by atoms with Crippen LogP contribution in [0.5, 0.6) is 0 Å². The van der Waals surface area contributed by atoms with Crippen molar-refractivity contribution in [2.75, 3.05) is 13.1 Å². The third-order valence-electron chi connectivity index (χ3n) is 5.60. The lowest BCUT2D eigenvalue weighted by atomic mass is 9.88. The summed E-state index contributed by atoms with van der Waals surface area (Å²) in [4.78, 5) is 18.1. The lowest BCUT2D eigenvalue weighted by Gasteiger charge is -2.29. The summed E-state index contributed by atoms with van der Waals surface area (Å²) in [7, 11) is -4.25. The molecule has 1 saturated heterocycles. The quantitative estimate of drug-likeness (QED) is 0.747. The maximum atomic E-state index is 11.7. The van der Waals surface area contributed by atoms with Gasteiger partial charge in [0.25, 0.3) is 10.1 Å². The number of piperidine rings is 1. The second kappa shape index (κ2) is 7.14. The minimum atomic E-state index is -4.25. The molecule has 6 nitrogen and oxygen atoms in total. The number of hydrogen-bond donors (Lipinski definition) is 1. The lowest BCUT2D eigenvalue weighted by molar-refractivity contribution is -0.129. The number of rotatable bonds is 1. The molecule has 4 rings (SSSR count). The number of hydrogen-bond acceptors (Lipinski definition) is 4. The average molecular weight is 398 g/mol. The summed E-state index contributed by atoms with van der Waals surface area (Å²) < 4.78 is 32.6. The van der Waals surface area contributed by atoms with Gasteiger partial charge in [0.15, 0.2) is 0 Å². The average Bonchev–Trinajstić information content (AvgIpc) is 2.83. The maximum Gasteiger partial charge on any atom is 0.294 e. The number of nitrogens with zero attached hydrogens (tertiary/aromatic N) is 2. The van der Waals surface area contributed by atoms with Gasteiger partial charge < -0.3 is 4.90 Å². The van der Waals surface area contributed by atoms with Crippen LogP contribution in [0.15, 0.2) is 47.0 Å². The van der Waals surface area contributed by atoms with Crippen molar-refractivity contribution in [3.63, 3.8) is 0 Å². The molecule has 0 atom stereocenters. The number of likely N-dealkylation sites (tertiary alicyclic amines) is 1. The van der Waals surface area contributed by atoms with Gasteiger partial charge in [-0.05, 0) is 60.6 Å². The third kappa shape index (κ3) is 3.47. The van der Waals surface area contributed by atoms with Gasteiger partial charge in [0, 0.05) is 31.8 Å². The molecule has 1 N–H and O–H groups in total. The highest BCUT2D eigenvalue weighted by Crippen LogP contribution is 2.38. The van der Waals surface area contributed by atoms with Gasteiger partial charge in [-0.1, -0.05) is 17.7 Å². The Morgan fingerprint density at radius 1 is 1.07 bits per heavy atom. The number of fused-ring (bicyclic) bond motifs is 2. The fourth-order valence-electron chi connectivity index (χ4n) is 4.14. The minimum absolute atomic E-state index is 0.0825. The first kappa shape index (κ1) is 18.8. The van der Waals surface area contributed by atoms with Crippen molar-refractivity contribution >= 4 is 21.6 Å². The van der Waals surface area contributed by atoms with Gasteiger partial charge in [0.1, 0.15) is 0 Å². The van der Waals surface area contributed by atoms with E-state index in [9.17, 15) is 17.8 Å². The SMILES string of the molecule is CC(=O)N1CCC(=C2c3ccc(S(=O)(=O)O)cc3CCc3cccnc32)CC1. The third-order valence-corrected chi connectivity index (χ3v) is 6.45. The van der Waals surface area contributed by atoms with Crippen LogP contribution >= 0.6 is 0 Å². The summed E-state index contributed by atoms with van der Waals surface area (Å²) in [6.45, 7) is 2.94. The van der Waals surface area contributed by atoms with Crippen LogP contribution in [-0.2, 0) is 27.8 Å². The molecule has 0 spiro atoms. The van der Waals surface area contributed by atoms with E-state index in [1.54, 1.807) is 25.3 Å². The highest BCUT2D eigenvalue weighted by atomic mass is 32.2. The molecule has 7 heteroatoms. The van der Waals surface area contributed by atoms with E-state index in [2.05, 4.69) is 11.1 Å². The molecule has 1 aromatic carbocycles. The molecule has 0 unspecified atom stereocenters. The van der Waals surface area contributed by atoms with E-state index in [-0.39, 0.29) is 10.8 Å². The molecule has 2 heterocycles. The number of amides is 1. The number of carbonyl (C=O) groups excluding carboxylic acids is 1. The predicted molar refractivity (Wildman–Crippen MR) is 105 cm³/mol. The van der Waals surface area contributed by atoms with Crippen molar-refractivity contribution in [3.8, 4) is 0 Å². The number of aromatic nitrogens is 1. The minimum Gasteiger partial charge on any atom is -0.342 e. The summed E-state index contributed by atoms with van der Waals surface area (Å²) >= 11 is 0. The smallest absolute Gasteiger partial charge is 0.294 e. The van der Waals surface area contributed by atoms with Crippen molar-refractivity contribution in [1.82, 2.24) is 9.88 Å². The first-order valence-electron chi connectivity index (χ1n) is 9.37. The lowest BCUT2D eigenvalue weighted by Crippen LogP contribution is -2.34. The first-order valence-corrected chi connectivity index (χ1v) is 10.8. The van der Waals surface area contributed by atoms with E-state index < -0.39 is 10.1 Å². The molecule has 1 aliphatic carbocycles. The number of benzene rings is 1. The van der Waals surface area contributed by atoms with Crippen LogP contribution in [0.2, 0.25) is 0 Å². The molecule has 0 radical (unpaired) electrons. The summed E-state index contributed by atoms with van der Waals surface area (Å²) in [6, 6.07) is 8.78. The molecule has 1 amide bonds.